The van der Waals surface area contributed by atoms with E-state index in [1.165, 1.54) is 40.2 Å². The maximum absolute atomic E-state index is 13.0. The summed E-state index contributed by atoms with van der Waals surface area (Å²) in [7, 11) is 2.81. The highest BCUT2D eigenvalue weighted by Crippen LogP contribution is 2.11. The highest BCUT2D eigenvalue weighted by atomic mass is 16.7. The Balaban J connectivity index is 2.86. The first-order valence-corrected chi connectivity index (χ1v) is 14.7. The van der Waals surface area contributed by atoms with Gasteiger partial charge in [-0.1, -0.05) is 12.1 Å². The molecule has 17 nitrogen and oxygen atoms in total. The second-order valence-corrected chi connectivity index (χ2v) is 10.6. The fourth-order valence-corrected chi connectivity index (χ4v) is 4.06. The molecule has 0 spiro atoms. The first-order valence-electron chi connectivity index (χ1n) is 14.7. The van der Waals surface area contributed by atoms with Crippen LogP contribution in [0.25, 0.3) is 0 Å². The number of benzene rings is 1. The highest BCUT2D eigenvalue weighted by Gasteiger charge is 2.30. The maximum Gasteiger partial charge on any atom is 0.305 e. The lowest BCUT2D eigenvalue weighted by atomic mass is 10.0. The van der Waals surface area contributed by atoms with E-state index in [1.54, 1.807) is 12.1 Å². The van der Waals surface area contributed by atoms with Crippen molar-refractivity contribution in [2.45, 2.75) is 82.5 Å². The van der Waals surface area contributed by atoms with Gasteiger partial charge in [0, 0.05) is 14.2 Å². The number of carboxylic acid groups (broad SMARTS) is 1. The molecule has 1 rings (SSSR count). The third kappa shape index (κ3) is 14.6. The van der Waals surface area contributed by atoms with Gasteiger partial charge in [0.15, 0.2) is 6.29 Å². The number of methoxy groups -OCH3 is 2. The minimum absolute atomic E-state index is 0.0253. The summed E-state index contributed by atoms with van der Waals surface area (Å²) in [5, 5.41) is 31.0. The van der Waals surface area contributed by atoms with Crippen molar-refractivity contribution in [1.82, 2.24) is 26.6 Å². The topological polar surface area (TPSA) is 274 Å². The van der Waals surface area contributed by atoms with Crippen molar-refractivity contribution >= 4 is 35.5 Å². The molecule has 46 heavy (non-hydrogen) atoms. The molecule has 0 fully saturated rings. The number of phenols is 1. The quantitative estimate of drug-likeness (QED) is 0.0495. The third-order valence-electron chi connectivity index (χ3n) is 6.79. The monoisotopic (exact) mass is 653 g/mol. The van der Waals surface area contributed by atoms with Crippen LogP contribution in [0.5, 0.6) is 5.75 Å². The van der Waals surface area contributed by atoms with Crippen LogP contribution in [0.2, 0.25) is 0 Å². The summed E-state index contributed by atoms with van der Waals surface area (Å²) in [5.74, 6) is -5.08. The molecule has 5 atom stereocenters. The summed E-state index contributed by atoms with van der Waals surface area (Å²) < 4.78 is 10.0. The smallest absolute Gasteiger partial charge is 0.305 e. The Morgan fingerprint density at radius 2 is 1.33 bits per heavy atom. The molecule has 0 bridgehead atoms. The Labute approximate surface area is 267 Å². The van der Waals surface area contributed by atoms with Crippen molar-refractivity contribution in [3.8, 4) is 5.75 Å². The van der Waals surface area contributed by atoms with Gasteiger partial charge in [-0.05, 0) is 63.8 Å². The SMILES string of the molecule is COC(CNC(=O)[C@H](C)NC(=O)[C@H](CCCCN)NC(=O)[C@H](C)NC(=O)[C@H](CC(=O)O)NC(=O)[C@@H](N)Cc1ccc(O)cc1)OC. The van der Waals surface area contributed by atoms with Crippen LogP contribution in [0.1, 0.15) is 45.1 Å². The predicted molar refractivity (Wildman–Crippen MR) is 165 cm³/mol. The summed E-state index contributed by atoms with van der Waals surface area (Å²) in [6.07, 6.45) is -0.231. The van der Waals surface area contributed by atoms with Gasteiger partial charge < -0.3 is 57.7 Å². The van der Waals surface area contributed by atoms with E-state index in [9.17, 15) is 39.0 Å². The Morgan fingerprint density at radius 1 is 0.783 bits per heavy atom. The molecule has 11 N–H and O–H groups in total. The van der Waals surface area contributed by atoms with Crippen molar-refractivity contribution in [2.75, 3.05) is 27.3 Å². The zero-order valence-electron chi connectivity index (χ0n) is 26.5. The standard InChI is InChI=1S/C29H47N7O10/c1-16(25(40)32-15-24(45-3)46-4)33-28(43)21(7-5-6-12-30)35-26(41)17(2)34-29(44)22(14-23(38)39)36-27(42)20(31)13-18-8-10-19(37)11-9-18/h8-11,16-17,20-22,24,37H,5-7,12-15,30-31H2,1-4H3,(H,32,40)(H,33,43)(H,34,44)(H,35,41)(H,36,42)(H,38,39)/t16-,17-,20-,21-,22-/m0/s1. The molecule has 1 aromatic rings. The number of carboxylic acids is 1. The van der Waals surface area contributed by atoms with Gasteiger partial charge in [-0.15, -0.1) is 0 Å². The summed E-state index contributed by atoms with van der Waals surface area (Å²) in [4.78, 5) is 75.6. The number of hydrogen-bond acceptors (Lipinski definition) is 11. The molecule has 0 aliphatic rings. The molecule has 0 aliphatic carbocycles. The Hall–Kier alpha value is -4.32. The number of phenolic OH excluding ortho intramolecular Hbond substituents is 1. The van der Waals surface area contributed by atoms with Crippen LogP contribution in [-0.2, 0) is 44.7 Å². The molecule has 0 radical (unpaired) electrons. The molecule has 258 valence electrons. The fourth-order valence-electron chi connectivity index (χ4n) is 4.06. The molecular formula is C29H47N7O10. The van der Waals surface area contributed by atoms with Gasteiger partial charge in [-0.25, -0.2) is 0 Å². The summed E-state index contributed by atoms with van der Waals surface area (Å²) >= 11 is 0. The van der Waals surface area contributed by atoms with Crippen molar-refractivity contribution in [1.29, 1.82) is 0 Å². The van der Waals surface area contributed by atoms with E-state index >= 15 is 0 Å². The zero-order valence-corrected chi connectivity index (χ0v) is 26.5. The molecule has 0 heterocycles. The summed E-state index contributed by atoms with van der Waals surface area (Å²) in [6, 6.07) is -0.0842. The summed E-state index contributed by atoms with van der Waals surface area (Å²) in [6.45, 7) is 3.16. The molecule has 0 aromatic heterocycles. The lowest BCUT2D eigenvalue weighted by molar-refractivity contribution is -0.141. The van der Waals surface area contributed by atoms with Crippen LogP contribution in [0.3, 0.4) is 0 Å². The van der Waals surface area contributed by atoms with E-state index in [-0.39, 0.29) is 25.1 Å². The van der Waals surface area contributed by atoms with Crippen LogP contribution in [0.4, 0.5) is 0 Å². The van der Waals surface area contributed by atoms with Gasteiger partial charge in [0.25, 0.3) is 0 Å². The molecule has 1 aromatic carbocycles. The molecule has 0 saturated carbocycles. The second-order valence-electron chi connectivity index (χ2n) is 10.6. The van der Waals surface area contributed by atoms with Gasteiger partial charge in [0.1, 0.15) is 29.9 Å². The summed E-state index contributed by atoms with van der Waals surface area (Å²) in [5.41, 5.74) is 12.1. The Bertz CT molecular complexity index is 1160. The van der Waals surface area contributed by atoms with Crippen LogP contribution >= 0.6 is 0 Å². The van der Waals surface area contributed by atoms with Crippen molar-refractivity contribution in [2.24, 2.45) is 11.5 Å². The number of carbonyl (C=O) groups excluding carboxylic acids is 5. The van der Waals surface area contributed by atoms with Gasteiger partial charge in [0.2, 0.25) is 29.5 Å². The van der Waals surface area contributed by atoms with E-state index < -0.39 is 78.4 Å². The molecular weight excluding hydrogens is 606 g/mol. The van der Waals surface area contributed by atoms with Gasteiger partial charge in [-0.3, -0.25) is 28.8 Å². The highest BCUT2D eigenvalue weighted by molar-refractivity contribution is 5.96. The number of amides is 5. The van der Waals surface area contributed by atoms with Crippen LogP contribution in [0, 0.1) is 0 Å². The molecule has 17 heteroatoms. The van der Waals surface area contributed by atoms with Crippen molar-refractivity contribution in [3.05, 3.63) is 29.8 Å². The van der Waals surface area contributed by atoms with Crippen LogP contribution in [0.15, 0.2) is 24.3 Å². The van der Waals surface area contributed by atoms with Crippen molar-refractivity contribution < 1.29 is 48.5 Å². The fraction of sp³-hybridized carbons (Fsp3) is 0.586. The number of carbonyl (C=O) groups is 6. The number of rotatable bonds is 21. The minimum atomic E-state index is -1.56. The lowest BCUT2D eigenvalue weighted by Crippen LogP contribution is -2.58. The van der Waals surface area contributed by atoms with Crippen LogP contribution in [-0.4, -0.2) is 110 Å². The zero-order chi connectivity index (χ0) is 34.8. The largest absolute Gasteiger partial charge is 0.508 e. The first-order chi connectivity index (χ1) is 21.7. The van der Waals surface area contributed by atoms with Crippen LogP contribution < -0.4 is 38.1 Å². The van der Waals surface area contributed by atoms with Crippen molar-refractivity contribution in [3.63, 3.8) is 0 Å². The number of ether oxygens (including phenoxy) is 2. The first kappa shape index (κ1) is 39.7. The van der Waals surface area contributed by atoms with Gasteiger partial charge in [0.05, 0.1) is 19.0 Å². The molecule has 0 saturated heterocycles. The Kier molecular flexibility index (Phi) is 17.8. The average Bonchev–Trinajstić information content (AvgIpc) is 3.01. The molecule has 0 aliphatic heterocycles. The van der Waals surface area contributed by atoms with E-state index in [4.69, 9.17) is 20.9 Å². The van der Waals surface area contributed by atoms with E-state index in [1.807, 2.05) is 0 Å². The molecule has 0 unspecified atom stereocenters. The number of aromatic hydroxyl groups is 1. The Morgan fingerprint density at radius 3 is 1.87 bits per heavy atom. The number of hydrogen-bond donors (Lipinski definition) is 9. The lowest BCUT2D eigenvalue weighted by Gasteiger charge is -2.25. The predicted octanol–water partition coefficient (Wildman–Crippen LogP) is -2.42. The number of unbranched alkanes of at least 4 members (excludes halogenated alkanes) is 1. The maximum atomic E-state index is 13.0. The number of nitrogens with one attached hydrogen (secondary N) is 5. The second kappa shape index (κ2) is 20.7. The average molecular weight is 654 g/mol. The van der Waals surface area contributed by atoms with E-state index in [0.29, 0.717) is 24.9 Å². The van der Waals surface area contributed by atoms with Gasteiger partial charge >= 0.3 is 5.97 Å². The van der Waals surface area contributed by atoms with Gasteiger partial charge in [-0.2, -0.15) is 0 Å². The normalized spacial score (nSPS) is 14.2. The minimum Gasteiger partial charge on any atom is -0.508 e. The van der Waals surface area contributed by atoms with E-state index in [0.717, 1.165) is 0 Å². The molecule has 5 amide bonds. The number of aliphatic carboxylic acids is 1. The van der Waals surface area contributed by atoms with E-state index in [2.05, 4.69) is 26.6 Å². The third-order valence-corrected chi connectivity index (χ3v) is 6.79. The number of nitrogens with two attached hydrogens (primary N) is 2.